The molecule has 0 aromatic heterocycles. The molecule has 1 N–H and O–H groups in total. The first-order valence-electron chi connectivity index (χ1n) is 14.1. The lowest BCUT2D eigenvalue weighted by Gasteiger charge is -2.43. The molecule has 39 heavy (non-hydrogen) atoms. The Kier molecular flexibility index (Phi) is 7.20. The van der Waals surface area contributed by atoms with Crippen molar-refractivity contribution in [3.63, 3.8) is 0 Å². The molecule has 2 atom stereocenters. The van der Waals surface area contributed by atoms with E-state index in [1.54, 1.807) is 24.1 Å². The zero-order chi connectivity index (χ0) is 27.0. The SMILES string of the molecule is COC(c1ccc(C2CC2)cc1)N1C(=O)OC2(CCN(CCN3CCNC3=O)CC2)C1Cc1ccc(F)cc1. The summed E-state index contributed by atoms with van der Waals surface area (Å²) >= 11 is 0. The van der Waals surface area contributed by atoms with E-state index in [0.717, 1.165) is 37.3 Å². The molecule has 0 radical (unpaired) electrons. The number of hydrogen-bond acceptors (Lipinski definition) is 5. The molecule has 6 rings (SSSR count). The van der Waals surface area contributed by atoms with Gasteiger partial charge in [-0.1, -0.05) is 36.4 Å². The number of nitrogens with zero attached hydrogens (tertiary/aromatic N) is 3. The molecule has 4 aliphatic rings. The summed E-state index contributed by atoms with van der Waals surface area (Å²) in [7, 11) is 1.63. The second-order valence-electron chi connectivity index (χ2n) is 11.3. The average molecular weight is 537 g/mol. The number of likely N-dealkylation sites (tertiary alicyclic amines) is 1. The molecule has 2 aromatic carbocycles. The van der Waals surface area contributed by atoms with Gasteiger partial charge in [-0.15, -0.1) is 0 Å². The van der Waals surface area contributed by atoms with Gasteiger partial charge in [0.2, 0.25) is 0 Å². The number of carbonyl (C=O) groups is 2. The van der Waals surface area contributed by atoms with E-state index in [1.807, 2.05) is 4.90 Å². The number of hydrogen-bond donors (Lipinski definition) is 1. The van der Waals surface area contributed by atoms with Gasteiger partial charge in [0.05, 0.1) is 6.04 Å². The van der Waals surface area contributed by atoms with E-state index in [-0.39, 0.29) is 24.0 Å². The molecule has 0 bridgehead atoms. The fourth-order valence-electron chi connectivity index (χ4n) is 6.40. The largest absolute Gasteiger partial charge is 0.440 e. The molecule has 8 nitrogen and oxygen atoms in total. The zero-order valence-corrected chi connectivity index (χ0v) is 22.5. The average Bonchev–Trinajstić information content (AvgIpc) is 3.67. The van der Waals surface area contributed by atoms with Crippen molar-refractivity contribution < 1.29 is 23.5 Å². The monoisotopic (exact) mass is 536 g/mol. The Hall–Kier alpha value is -3.17. The molecule has 1 saturated carbocycles. The van der Waals surface area contributed by atoms with Crippen LogP contribution < -0.4 is 5.32 Å². The number of urea groups is 1. The van der Waals surface area contributed by atoms with E-state index in [4.69, 9.17) is 9.47 Å². The lowest BCUT2D eigenvalue weighted by molar-refractivity contribution is -0.0469. The third kappa shape index (κ3) is 5.34. The van der Waals surface area contributed by atoms with Gasteiger partial charge in [-0.3, -0.25) is 4.90 Å². The van der Waals surface area contributed by atoms with Crippen molar-refractivity contribution in [1.29, 1.82) is 0 Å². The smallest absolute Gasteiger partial charge is 0.413 e. The summed E-state index contributed by atoms with van der Waals surface area (Å²) in [5, 5.41) is 2.85. The van der Waals surface area contributed by atoms with Gasteiger partial charge in [-0.05, 0) is 48.4 Å². The second-order valence-corrected chi connectivity index (χ2v) is 11.3. The quantitative estimate of drug-likeness (QED) is 0.518. The summed E-state index contributed by atoms with van der Waals surface area (Å²) in [6.07, 6.45) is 3.42. The maximum absolute atomic E-state index is 13.7. The predicted molar refractivity (Wildman–Crippen MR) is 144 cm³/mol. The normalized spacial score (nSPS) is 23.8. The lowest BCUT2D eigenvalue weighted by Crippen LogP contribution is -2.54. The van der Waals surface area contributed by atoms with Gasteiger partial charge in [-0.25, -0.2) is 14.0 Å². The second kappa shape index (κ2) is 10.8. The van der Waals surface area contributed by atoms with Crippen LogP contribution in [0, 0.1) is 5.82 Å². The molecule has 3 saturated heterocycles. The third-order valence-electron chi connectivity index (χ3n) is 8.87. The molecule has 1 aliphatic carbocycles. The Morgan fingerprint density at radius 2 is 1.74 bits per heavy atom. The van der Waals surface area contributed by atoms with Gasteiger partial charge in [0.1, 0.15) is 11.4 Å². The predicted octanol–water partition coefficient (Wildman–Crippen LogP) is 4.27. The van der Waals surface area contributed by atoms with E-state index >= 15 is 0 Å². The summed E-state index contributed by atoms with van der Waals surface area (Å²) in [5.74, 6) is 0.367. The summed E-state index contributed by atoms with van der Waals surface area (Å²) in [6, 6.07) is 14.6. The Morgan fingerprint density at radius 1 is 1.03 bits per heavy atom. The van der Waals surface area contributed by atoms with Crippen molar-refractivity contribution in [1.82, 2.24) is 20.0 Å². The number of methoxy groups -OCH3 is 1. The maximum atomic E-state index is 13.7. The molecule has 208 valence electrons. The minimum absolute atomic E-state index is 0.000947. The first-order chi connectivity index (χ1) is 19.0. The Labute approximate surface area is 229 Å². The van der Waals surface area contributed by atoms with E-state index in [0.29, 0.717) is 38.3 Å². The molecule has 1 spiro atoms. The van der Waals surface area contributed by atoms with Crippen molar-refractivity contribution in [3.8, 4) is 0 Å². The number of benzene rings is 2. The topological polar surface area (TPSA) is 74.3 Å². The Balaban J connectivity index is 1.22. The third-order valence-corrected chi connectivity index (χ3v) is 8.87. The van der Waals surface area contributed by atoms with E-state index < -0.39 is 11.8 Å². The van der Waals surface area contributed by atoms with Crippen LogP contribution in [-0.2, 0) is 15.9 Å². The van der Waals surface area contributed by atoms with E-state index in [2.05, 4.69) is 34.5 Å². The van der Waals surface area contributed by atoms with Crippen molar-refractivity contribution in [2.45, 2.75) is 55.9 Å². The highest BCUT2D eigenvalue weighted by Crippen LogP contribution is 2.45. The van der Waals surface area contributed by atoms with Crippen LogP contribution in [0.25, 0.3) is 0 Å². The van der Waals surface area contributed by atoms with Crippen LogP contribution in [0.5, 0.6) is 0 Å². The summed E-state index contributed by atoms with van der Waals surface area (Å²) < 4.78 is 25.9. The summed E-state index contributed by atoms with van der Waals surface area (Å²) in [6.45, 7) is 4.45. The first-order valence-corrected chi connectivity index (χ1v) is 14.1. The molecule has 2 unspecified atom stereocenters. The van der Waals surface area contributed by atoms with Gasteiger partial charge in [0.15, 0.2) is 6.23 Å². The Bertz CT molecular complexity index is 1180. The molecule has 2 aromatic rings. The lowest BCUT2D eigenvalue weighted by atomic mass is 9.81. The van der Waals surface area contributed by atoms with E-state index in [9.17, 15) is 14.0 Å². The summed E-state index contributed by atoms with van der Waals surface area (Å²) in [4.78, 5) is 31.4. The highest BCUT2D eigenvalue weighted by atomic mass is 19.1. The number of carbonyl (C=O) groups excluding carboxylic acids is 2. The standard InChI is InChI=1S/C30H37FN4O4/c1-38-27(24-8-6-23(7-9-24)22-4-5-22)35-26(20-21-2-10-25(31)11-3-21)30(39-29(35)37)12-15-33(16-13-30)18-19-34-17-14-32-28(34)36/h2-3,6-11,22,26-27H,4-5,12-20H2,1H3,(H,32,36). The van der Waals surface area contributed by atoms with Crippen LogP contribution in [0.1, 0.15) is 54.5 Å². The number of nitrogens with one attached hydrogen (secondary N) is 1. The number of piperidine rings is 1. The molecule has 3 amide bonds. The number of halogens is 1. The van der Waals surface area contributed by atoms with Gasteiger partial charge in [0, 0.05) is 64.8 Å². The molecule has 4 fully saturated rings. The first kappa shape index (κ1) is 26.1. The highest BCUT2D eigenvalue weighted by molar-refractivity contribution is 5.76. The zero-order valence-electron chi connectivity index (χ0n) is 22.5. The van der Waals surface area contributed by atoms with Crippen LogP contribution in [0.15, 0.2) is 48.5 Å². The van der Waals surface area contributed by atoms with Crippen LogP contribution >= 0.6 is 0 Å². The van der Waals surface area contributed by atoms with Crippen LogP contribution in [0.2, 0.25) is 0 Å². The van der Waals surface area contributed by atoms with E-state index in [1.165, 1.54) is 30.5 Å². The minimum atomic E-state index is -0.669. The van der Waals surface area contributed by atoms with Crippen molar-refractivity contribution in [2.75, 3.05) is 46.4 Å². The van der Waals surface area contributed by atoms with Crippen molar-refractivity contribution in [3.05, 3.63) is 71.0 Å². The number of rotatable bonds is 9. The Morgan fingerprint density at radius 3 is 2.36 bits per heavy atom. The fraction of sp³-hybridized carbons (Fsp3) is 0.533. The minimum Gasteiger partial charge on any atom is -0.440 e. The molecular weight excluding hydrogens is 499 g/mol. The van der Waals surface area contributed by atoms with Crippen molar-refractivity contribution >= 4 is 12.1 Å². The van der Waals surface area contributed by atoms with Gasteiger partial charge >= 0.3 is 12.1 Å². The molecule has 3 aliphatic heterocycles. The number of ether oxygens (including phenoxy) is 2. The van der Waals surface area contributed by atoms with Crippen LogP contribution in [0.3, 0.4) is 0 Å². The highest BCUT2D eigenvalue weighted by Gasteiger charge is 2.57. The van der Waals surface area contributed by atoms with Crippen molar-refractivity contribution in [2.24, 2.45) is 0 Å². The van der Waals surface area contributed by atoms with Crippen LogP contribution in [-0.4, -0.2) is 84.8 Å². The molecular formula is C30H37FN4O4. The van der Waals surface area contributed by atoms with Crippen LogP contribution in [0.4, 0.5) is 14.0 Å². The number of amides is 3. The summed E-state index contributed by atoms with van der Waals surface area (Å²) in [5.41, 5.74) is 2.53. The van der Waals surface area contributed by atoms with Gasteiger partial charge in [0.25, 0.3) is 0 Å². The van der Waals surface area contributed by atoms with Gasteiger partial charge < -0.3 is 24.6 Å². The fourth-order valence-corrected chi connectivity index (χ4v) is 6.40. The molecule has 9 heteroatoms. The maximum Gasteiger partial charge on any atom is 0.413 e. The molecule has 3 heterocycles. The van der Waals surface area contributed by atoms with Gasteiger partial charge in [-0.2, -0.15) is 0 Å².